The van der Waals surface area contributed by atoms with E-state index in [0.29, 0.717) is 6.54 Å². The van der Waals surface area contributed by atoms with E-state index in [0.717, 1.165) is 22.7 Å². The quantitative estimate of drug-likeness (QED) is 0.889. The molecule has 0 spiro atoms. The number of amides is 1. The summed E-state index contributed by atoms with van der Waals surface area (Å²) in [7, 11) is 1.51. The summed E-state index contributed by atoms with van der Waals surface area (Å²) < 4.78 is 4.76. The first-order valence-electron chi connectivity index (χ1n) is 6.46. The maximum atomic E-state index is 11.2. The molecule has 1 aromatic heterocycles. The molecule has 1 amide bonds. The van der Waals surface area contributed by atoms with Gasteiger partial charge in [-0.15, -0.1) is 11.3 Å². The Morgan fingerprint density at radius 2 is 2.10 bits per heavy atom. The summed E-state index contributed by atoms with van der Waals surface area (Å²) in [5, 5.41) is 5.95. The molecule has 0 unspecified atom stereocenters. The Bertz CT molecular complexity index is 564. The number of nitrogens with one attached hydrogen (secondary N) is 1. The van der Waals surface area contributed by atoms with Crippen molar-refractivity contribution < 1.29 is 9.53 Å². The van der Waals surface area contributed by atoms with Crippen LogP contribution in [0.4, 0.5) is 0 Å². The lowest BCUT2D eigenvalue weighted by molar-refractivity contribution is -0.124. The van der Waals surface area contributed by atoms with Gasteiger partial charge in [0.05, 0.1) is 10.7 Å². The zero-order valence-corrected chi connectivity index (χ0v) is 12.5. The number of aryl methyl sites for hydroxylation is 1. The highest BCUT2D eigenvalue weighted by Crippen LogP contribution is 2.21. The third-order valence-electron chi connectivity index (χ3n) is 2.88. The van der Waals surface area contributed by atoms with Crippen LogP contribution >= 0.6 is 11.3 Å². The monoisotopic (exact) mass is 290 g/mol. The van der Waals surface area contributed by atoms with Crippen molar-refractivity contribution in [3.63, 3.8) is 0 Å². The van der Waals surface area contributed by atoms with Crippen LogP contribution in [-0.4, -0.2) is 31.2 Å². The van der Waals surface area contributed by atoms with Crippen LogP contribution < -0.4 is 5.32 Å². The Kier molecular flexibility index (Phi) is 5.26. The molecule has 0 fully saturated rings. The zero-order valence-electron chi connectivity index (χ0n) is 11.7. The van der Waals surface area contributed by atoms with E-state index in [1.54, 1.807) is 11.3 Å². The molecule has 0 aliphatic heterocycles. The summed E-state index contributed by atoms with van der Waals surface area (Å²) in [6.45, 7) is 2.74. The van der Waals surface area contributed by atoms with Crippen LogP contribution in [0.15, 0.2) is 29.6 Å². The number of carbonyl (C=O) groups is 1. The van der Waals surface area contributed by atoms with Crippen molar-refractivity contribution in [3.05, 3.63) is 40.2 Å². The molecule has 2 rings (SSSR count). The minimum atomic E-state index is -0.0814. The highest BCUT2D eigenvalue weighted by molar-refractivity contribution is 7.09. The molecule has 5 heteroatoms. The van der Waals surface area contributed by atoms with Gasteiger partial charge in [-0.25, -0.2) is 4.98 Å². The van der Waals surface area contributed by atoms with Gasteiger partial charge < -0.3 is 10.1 Å². The molecule has 0 saturated carbocycles. The first kappa shape index (κ1) is 14.7. The first-order valence-corrected chi connectivity index (χ1v) is 7.34. The fourth-order valence-electron chi connectivity index (χ4n) is 1.87. The van der Waals surface area contributed by atoms with Crippen molar-refractivity contribution in [3.8, 4) is 11.3 Å². The molecule has 0 aliphatic carbocycles. The number of hydrogen-bond donors (Lipinski definition) is 1. The molecule has 1 N–H and O–H groups in total. The SMILES string of the molecule is COCC(=O)NCCc1ccc(-c2csc(C)n2)cc1. The number of methoxy groups -OCH3 is 1. The van der Waals surface area contributed by atoms with E-state index >= 15 is 0 Å². The standard InChI is InChI=1S/C15H18N2O2S/c1-11-17-14(10-20-11)13-5-3-12(4-6-13)7-8-16-15(18)9-19-2/h3-6,10H,7-9H2,1-2H3,(H,16,18). The van der Waals surface area contributed by atoms with Crippen molar-refractivity contribution in [2.45, 2.75) is 13.3 Å². The lowest BCUT2D eigenvalue weighted by Gasteiger charge is -2.05. The van der Waals surface area contributed by atoms with Crippen LogP contribution in [-0.2, 0) is 16.0 Å². The average Bonchev–Trinajstić information content (AvgIpc) is 2.86. The van der Waals surface area contributed by atoms with E-state index < -0.39 is 0 Å². The molecule has 2 aromatic rings. The summed E-state index contributed by atoms with van der Waals surface area (Å²) in [6, 6.07) is 8.29. The van der Waals surface area contributed by atoms with E-state index in [9.17, 15) is 4.79 Å². The summed E-state index contributed by atoms with van der Waals surface area (Å²) in [6.07, 6.45) is 0.811. The van der Waals surface area contributed by atoms with E-state index in [2.05, 4.69) is 39.9 Å². The minimum Gasteiger partial charge on any atom is -0.375 e. The van der Waals surface area contributed by atoms with Crippen LogP contribution in [0.1, 0.15) is 10.6 Å². The van der Waals surface area contributed by atoms with E-state index in [1.165, 1.54) is 12.7 Å². The maximum absolute atomic E-state index is 11.2. The van der Waals surface area contributed by atoms with Crippen LogP contribution in [0.3, 0.4) is 0 Å². The Labute approximate surface area is 122 Å². The summed E-state index contributed by atoms with van der Waals surface area (Å²) in [5.41, 5.74) is 3.34. The highest BCUT2D eigenvalue weighted by Gasteiger charge is 2.03. The van der Waals surface area contributed by atoms with E-state index in [4.69, 9.17) is 4.74 Å². The maximum Gasteiger partial charge on any atom is 0.245 e. The molecule has 0 radical (unpaired) electrons. The van der Waals surface area contributed by atoms with Crippen LogP contribution in [0.25, 0.3) is 11.3 Å². The second kappa shape index (κ2) is 7.17. The van der Waals surface area contributed by atoms with Gasteiger partial charge in [0.25, 0.3) is 0 Å². The smallest absolute Gasteiger partial charge is 0.245 e. The molecule has 106 valence electrons. The Morgan fingerprint density at radius 3 is 2.70 bits per heavy atom. The predicted octanol–water partition coefficient (Wildman–Crippen LogP) is 2.42. The number of nitrogens with zero attached hydrogens (tertiary/aromatic N) is 1. The van der Waals surface area contributed by atoms with Crippen molar-refractivity contribution in [1.29, 1.82) is 0 Å². The highest BCUT2D eigenvalue weighted by atomic mass is 32.1. The Hall–Kier alpha value is -1.72. The van der Waals surface area contributed by atoms with Crippen molar-refractivity contribution in [2.24, 2.45) is 0 Å². The van der Waals surface area contributed by atoms with E-state index in [1.807, 2.05) is 6.92 Å². The third kappa shape index (κ3) is 4.15. The number of carbonyl (C=O) groups excluding carboxylic acids is 1. The topological polar surface area (TPSA) is 51.2 Å². The number of thiazole rings is 1. The van der Waals surface area contributed by atoms with Crippen LogP contribution in [0.5, 0.6) is 0 Å². The second-order valence-electron chi connectivity index (χ2n) is 4.48. The largest absolute Gasteiger partial charge is 0.375 e. The van der Waals surface area contributed by atoms with Crippen molar-refractivity contribution >= 4 is 17.2 Å². The number of rotatable bonds is 6. The zero-order chi connectivity index (χ0) is 14.4. The lowest BCUT2D eigenvalue weighted by Crippen LogP contribution is -2.28. The van der Waals surface area contributed by atoms with Gasteiger partial charge in [-0.3, -0.25) is 4.79 Å². The fraction of sp³-hybridized carbons (Fsp3) is 0.333. The molecule has 0 saturated heterocycles. The summed E-state index contributed by atoms with van der Waals surface area (Å²) in [4.78, 5) is 15.7. The minimum absolute atomic E-state index is 0.0814. The number of ether oxygens (including phenoxy) is 1. The molecule has 4 nitrogen and oxygen atoms in total. The molecule has 1 heterocycles. The van der Waals surface area contributed by atoms with Gasteiger partial charge >= 0.3 is 0 Å². The number of hydrogen-bond acceptors (Lipinski definition) is 4. The Morgan fingerprint density at radius 1 is 1.35 bits per heavy atom. The summed E-state index contributed by atoms with van der Waals surface area (Å²) >= 11 is 1.65. The molecule has 0 aliphatic rings. The molecule has 0 atom stereocenters. The van der Waals surface area contributed by atoms with Gasteiger partial charge in [0.1, 0.15) is 6.61 Å². The fourth-order valence-corrected chi connectivity index (χ4v) is 2.49. The molecule has 20 heavy (non-hydrogen) atoms. The predicted molar refractivity (Wildman–Crippen MR) is 80.9 cm³/mol. The second-order valence-corrected chi connectivity index (χ2v) is 5.54. The third-order valence-corrected chi connectivity index (χ3v) is 3.65. The molecule has 0 bridgehead atoms. The number of benzene rings is 1. The van der Waals surface area contributed by atoms with Gasteiger partial charge in [0.2, 0.25) is 5.91 Å². The van der Waals surface area contributed by atoms with Gasteiger partial charge in [0, 0.05) is 24.6 Å². The van der Waals surface area contributed by atoms with Crippen molar-refractivity contribution in [1.82, 2.24) is 10.3 Å². The normalized spacial score (nSPS) is 10.5. The van der Waals surface area contributed by atoms with Crippen LogP contribution in [0.2, 0.25) is 0 Å². The van der Waals surface area contributed by atoms with E-state index in [-0.39, 0.29) is 12.5 Å². The average molecular weight is 290 g/mol. The van der Waals surface area contributed by atoms with Gasteiger partial charge in [-0.05, 0) is 18.9 Å². The first-order chi connectivity index (χ1) is 9.69. The van der Waals surface area contributed by atoms with Gasteiger partial charge in [-0.1, -0.05) is 24.3 Å². The Balaban J connectivity index is 1.87. The van der Waals surface area contributed by atoms with Gasteiger partial charge in [0.15, 0.2) is 0 Å². The summed E-state index contributed by atoms with van der Waals surface area (Å²) in [5.74, 6) is -0.0814. The number of aromatic nitrogens is 1. The lowest BCUT2D eigenvalue weighted by atomic mass is 10.1. The van der Waals surface area contributed by atoms with Gasteiger partial charge in [-0.2, -0.15) is 0 Å². The van der Waals surface area contributed by atoms with Crippen molar-refractivity contribution in [2.75, 3.05) is 20.3 Å². The molecular formula is C15H18N2O2S. The van der Waals surface area contributed by atoms with Crippen LogP contribution in [0, 0.1) is 6.92 Å². The molecule has 1 aromatic carbocycles. The molecular weight excluding hydrogens is 272 g/mol.